The Morgan fingerprint density at radius 2 is 1.73 bits per heavy atom. The Hall–Kier alpha value is -0.520. The predicted octanol–water partition coefficient (Wildman–Crippen LogP) is 3.95. The van der Waals surface area contributed by atoms with Gasteiger partial charge in [-0.3, -0.25) is 0 Å². The van der Waals surface area contributed by atoms with E-state index < -0.39 is 0 Å². The molecule has 0 amide bonds. The highest BCUT2D eigenvalue weighted by molar-refractivity contribution is 5.26. The van der Waals surface area contributed by atoms with Crippen LogP contribution >= 0.6 is 0 Å². The van der Waals surface area contributed by atoms with Gasteiger partial charge in [0.25, 0.3) is 0 Å². The molecule has 0 bridgehead atoms. The maximum absolute atomic E-state index is 2.26. The van der Waals surface area contributed by atoms with Crippen LogP contribution in [0.15, 0.2) is 23.8 Å². The van der Waals surface area contributed by atoms with E-state index >= 15 is 0 Å². The lowest BCUT2D eigenvalue weighted by molar-refractivity contribution is 0.496. The summed E-state index contributed by atoms with van der Waals surface area (Å²) in [6.45, 7) is 10.8. The van der Waals surface area contributed by atoms with Gasteiger partial charge in [0.2, 0.25) is 0 Å². The van der Waals surface area contributed by atoms with Gasteiger partial charge in [-0.05, 0) is 11.8 Å². The first-order valence-electron chi connectivity index (χ1n) is 4.47. The summed E-state index contributed by atoms with van der Waals surface area (Å²) < 4.78 is 0. The van der Waals surface area contributed by atoms with Crippen molar-refractivity contribution in [2.24, 2.45) is 5.41 Å². The number of hydrogen-bond donors (Lipinski definition) is 0. The fraction of sp³-hybridized carbons (Fsp3) is 0.636. The number of allylic oxidation sites excluding steroid dienone is 4. The fourth-order valence-corrected chi connectivity index (χ4v) is 1.00. The highest BCUT2D eigenvalue weighted by Crippen LogP contribution is 2.30. The summed E-state index contributed by atoms with van der Waals surface area (Å²) in [5.41, 5.74) is 1.92. The monoisotopic (exact) mass is 152 g/mol. The van der Waals surface area contributed by atoms with Crippen molar-refractivity contribution in [1.82, 2.24) is 0 Å². The quantitative estimate of drug-likeness (QED) is 0.493. The molecule has 0 aliphatic heterocycles. The molecule has 0 heterocycles. The summed E-state index contributed by atoms with van der Waals surface area (Å²) in [4.78, 5) is 0. The van der Waals surface area contributed by atoms with E-state index in [1.54, 1.807) is 5.57 Å². The Morgan fingerprint density at radius 1 is 1.18 bits per heavy atom. The highest BCUT2D eigenvalue weighted by atomic mass is 14.2. The maximum atomic E-state index is 2.26. The van der Waals surface area contributed by atoms with Crippen LogP contribution in [-0.4, -0.2) is 0 Å². The third kappa shape index (κ3) is 3.41. The summed E-state index contributed by atoms with van der Waals surface area (Å²) in [7, 11) is 0. The van der Waals surface area contributed by atoms with Crippen LogP contribution in [0.1, 0.15) is 41.0 Å². The average molecular weight is 152 g/mol. The Morgan fingerprint density at radius 3 is 1.91 bits per heavy atom. The Labute approximate surface area is 71.0 Å². The topological polar surface area (TPSA) is 0 Å². The average Bonchev–Trinajstić information content (AvgIpc) is 2.40. The van der Waals surface area contributed by atoms with Crippen LogP contribution in [0.25, 0.3) is 0 Å². The molecule has 11 heavy (non-hydrogen) atoms. The SMILES string of the molecule is CC.CC(C)(C)C1=CC=CC1. The second-order valence-corrected chi connectivity index (χ2v) is 3.57. The van der Waals surface area contributed by atoms with Gasteiger partial charge in [-0.25, -0.2) is 0 Å². The van der Waals surface area contributed by atoms with Gasteiger partial charge in [-0.15, -0.1) is 0 Å². The zero-order chi connectivity index (χ0) is 8.91. The van der Waals surface area contributed by atoms with Gasteiger partial charge in [0.1, 0.15) is 0 Å². The van der Waals surface area contributed by atoms with Crippen molar-refractivity contribution < 1.29 is 0 Å². The molecule has 0 fully saturated rings. The van der Waals surface area contributed by atoms with Gasteiger partial charge in [0.05, 0.1) is 0 Å². The molecule has 0 saturated heterocycles. The lowest BCUT2D eigenvalue weighted by Gasteiger charge is -2.19. The molecule has 0 aromatic rings. The molecule has 1 aliphatic rings. The Balaban J connectivity index is 0.000000461. The Kier molecular flexibility index (Phi) is 4.17. The van der Waals surface area contributed by atoms with E-state index in [-0.39, 0.29) is 0 Å². The van der Waals surface area contributed by atoms with Gasteiger partial charge < -0.3 is 0 Å². The summed E-state index contributed by atoms with van der Waals surface area (Å²) >= 11 is 0. The van der Waals surface area contributed by atoms with Crippen molar-refractivity contribution in [3.8, 4) is 0 Å². The minimum Gasteiger partial charge on any atom is -0.0804 e. The first-order valence-corrected chi connectivity index (χ1v) is 4.47. The summed E-state index contributed by atoms with van der Waals surface area (Å²) in [5.74, 6) is 0. The van der Waals surface area contributed by atoms with Crippen molar-refractivity contribution in [2.45, 2.75) is 41.0 Å². The van der Waals surface area contributed by atoms with Gasteiger partial charge in [-0.2, -0.15) is 0 Å². The first kappa shape index (κ1) is 10.5. The zero-order valence-corrected chi connectivity index (χ0v) is 8.44. The molecule has 0 saturated carbocycles. The second kappa shape index (κ2) is 4.38. The minimum absolute atomic E-state index is 0.378. The van der Waals surface area contributed by atoms with E-state index in [0.29, 0.717) is 5.41 Å². The third-order valence-corrected chi connectivity index (χ3v) is 1.73. The molecule has 0 aromatic heterocycles. The van der Waals surface area contributed by atoms with Gasteiger partial charge in [-0.1, -0.05) is 58.4 Å². The van der Waals surface area contributed by atoms with Crippen LogP contribution in [0.5, 0.6) is 0 Å². The van der Waals surface area contributed by atoms with Gasteiger partial charge >= 0.3 is 0 Å². The molecule has 0 radical (unpaired) electrons. The van der Waals surface area contributed by atoms with Gasteiger partial charge in [0, 0.05) is 0 Å². The largest absolute Gasteiger partial charge is 0.0804 e. The molecule has 1 rings (SSSR count). The van der Waals surface area contributed by atoms with Crippen LogP contribution in [0.3, 0.4) is 0 Å². The predicted molar refractivity (Wildman–Crippen MR) is 52.6 cm³/mol. The minimum atomic E-state index is 0.378. The van der Waals surface area contributed by atoms with E-state index in [4.69, 9.17) is 0 Å². The summed E-state index contributed by atoms with van der Waals surface area (Å²) in [6.07, 6.45) is 7.73. The number of hydrogen-bond acceptors (Lipinski definition) is 0. The standard InChI is InChI=1S/C9H14.C2H6/c1-9(2,3)8-6-4-5-7-8;1-2/h4-6H,7H2,1-3H3;1-2H3. The van der Waals surface area contributed by atoms with E-state index in [0.717, 1.165) is 6.42 Å². The lowest BCUT2D eigenvalue weighted by Crippen LogP contribution is -2.06. The Bertz CT molecular complexity index is 153. The van der Waals surface area contributed by atoms with E-state index in [9.17, 15) is 0 Å². The first-order chi connectivity index (χ1) is 5.11. The van der Waals surface area contributed by atoms with Crippen molar-refractivity contribution >= 4 is 0 Å². The second-order valence-electron chi connectivity index (χ2n) is 3.57. The van der Waals surface area contributed by atoms with Crippen LogP contribution in [0.4, 0.5) is 0 Å². The molecule has 0 nitrogen and oxygen atoms in total. The smallest absolute Gasteiger partial charge is 0.0127 e. The normalized spacial score (nSPS) is 15.5. The fourth-order valence-electron chi connectivity index (χ4n) is 1.00. The number of rotatable bonds is 0. The van der Waals surface area contributed by atoms with Crippen molar-refractivity contribution in [1.29, 1.82) is 0 Å². The van der Waals surface area contributed by atoms with Crippen LogP contribution < -0.4 is 0 Å². The van der Waals surface area contributed by atoms with E-state index in [1.165, 1.54) is 0 Å². The molecule has 0 aromatic carbocycles. The molecule has 0 unspecified atom stereocenters. The zero-order valence-electron chi connectivity index (χ0n) is 8.44. The third-order valence-electron chi connectivity index (χ3n) is 1.73. The molecule has 0 N–H and O–H groups in total. The van der Waals surface area contributed by atoms with Crippen molar-refractivity contribution in [2.75, 3.05) is 0 Å². The summed E-state index contributed by atoms with van der Waals surface area (Å²) in [5, 5.41) is 0. The molecule has 1 aliphatic carbocycles. The molecular weight excluding hydrogens is 132 g/mol. The molecule has 64 valence electrons. The molecule has 0 heteroatoms. The molecular formula is C11H20. The summed E-state index contributed by atoms with van der Waals surface area (Å²) in [6, 6.07) is 0. The highest BCUT2D eigenvalue weighted by Gasteiger charge is 2.16. The van der Waals surface area contributed by atoms with E-state index in [1.807, 2.05) is 13.8 Å². The van der Waals surface area contributed by atoms with E-state index in [2.05, 4.69) is 39.0 Å². The molecule has 0 atom stereocenters. The lowest BCUT2D eigenvalue weighted by atomic mass is 9.86. The van der Waals surface area contributed by atoms with Crippen LogP contribution in [0, 0.1) is 5.41 Å². The molecule has 0 spiro atoms. The van der Waals surface area contributed by atoms with Gasteiger partial charge in [0.15, 0.2) is 0 Å². The maximum Gasteiger partial charge on any atom is -0.0127 e. The van der Waals surface area contributed by atoms with Crippen LogP contribution in [-0.2, 0) is 0 Å². The van der Waals surface area contributed by atoms with Crippen molar-refractivity contribution in [3.63, 3.8) is 0 Å². The van der Waals surface area contributed by atoms with Crippen LogP contribution in [0.2, 0.25) is 0 Å². The van der Waals surface area contributed by atoms with Crippen molar-refractivity contribution in [3.05, 3.63) is 23.8 Å².